The van der Waals surface area contributed by atoms with Crippen LogP contribution in [0.25, 0.3) is 16.3 Å². The molecule has 0 amide bonds. The summed E-state index contributed by atoms with van der Waals surface area (Å²) in [6.07, 6.45) is 1.11. The van der Waals surface area contributed by atoms with Crippen LogP contribution in [0.1, 0.15) is 20.3 Å². The van der Waals surface area contributed by atoms with E-state index in [0.29, 0.717) is 5.92 Å². The Balaban J connectivity index is 2.45. The van der Waals surface area contributed by atoms with E-state index in [1.54, 1.807) is 5.57 Å². The van der Waals surface area contributed by atoms with Gasteiger partial charge in [0, 0.05) is 6.54 Å². The zero-order valence-corrected chi connectivity index (χ0v) is 10.4. The van der Waals surface area contributed by atoms with Crippen LogP contribution in [0.2, 0.25) is 0 Å². The molecule has 1 aliphatic heterocycles. The maximum absolute atomic E-state index is 4.65. The normalized spacial score (nSPS) is 14.9. The van der Waals surface area contributed by atoms with Gasteiger partial charge in [-0.05, 0) is 40.5 Å². The maximum Gasteiger partial charge on any atom is 0.0652 e. The Labute approximate surface area is 102 Å². The Morgan fingerprint density at radius 2 is 1.76 bits per heavy atom. The topological polar surface area (TPSA) is 12.4 Å². The summed E-state index contributed by atoms with van der Waals surface area (Å²) < 4.78 is 0. The van der Waals surface area contributed by atoms with Crippen molar-refractivity contribution in [1.29, 1.82) is 0 Å². The minimum Gasteiger partial charge on any atom is -0.284 e. The van der Waals surface area contributed by atoms with Crippen molar-refractivity contribution in [2.45, 2.75) is 20.3 Å². The van der Waals surface area contributed by atoms with Gasteiger partial charge < -0.3 is 0 Å². The van der Waals surface area contributed by atoms with Gasteiger partial charge in [0.1, 0.15) is 0 Å². The second-order valence-corrected chi connectivity index (χ2v) is 5.03. The summed E-state index contributed by atoms with van der Waals surface area (Å²) in [7, 11) is 0. The highest BCUT2D eigenvalue weighted by atomic mass is 14.7. The first-order valence-electron chi connectivity index (χ1n) is 6.32. The largest absolute Gasteiger partial charge is 0.284 e. The average molecular weight is 223 g/mol. The van der Waals surface area contributed by atoms with Crippen LogP contribution in [0.5, 0.6) is 0 Å². The molecule has 0 fully saturated rings. The summed E-state index contributed by atoms with van der Waals surface area (Å²) >= 11 is 0. The first-order chi connectivity index (χ1) is 8.25. The summed E-state index contributed by atoms with van der Waals surface area (Å²) in [5.74, 6) is 0.616. The van der Waals surface area contributed by atoms with E-state index < -0.39 is 0 Å². The molecule has 3 rings (SSSR count). The van der Waals surface area contributed by atoms with Gasteiger partial charge in [-0.1, -0.05) is 43.7 Å². The van der Waals surface area contributed by atoms with Gasteiger partial charge in [-0.25, -0.2) is 0 Å². The number of hydrogen-bond acceptors (Lipinski definition) is 1. The number of rotatable bonds is 1. The lowest BCUT2D eigenvalue weighted by molar-refractivity contribution is 0.776. The maximum atomic E-state index is 4.65. The molecule has 1 heterocycles. The van der Waals surface area contributed by atoms with Gasteiger partial charge in [0.25, 0.3) is 0 Å². The molecule has 0 saturated carbocycles. The first kappa shape index (κ1) is 10.5. The number of hydrogen-bond donors (Lipinski definition) is 0. The van der Waals surface area contributed by atoms with Crippen molar-refractivity contribution in [1.82, 2.24) is 0 Å². The highest BCUT2D eigenvalue weighted by molar-refractivity contribution is 5.82. The summed E-state index contributed by atoms with van der Waals surface area (Å²) in [5, 5.41) is 5.16. The molecule has 1 heteroatoms. The van der Waals surface area contributed by atoms with Gasteiger partial charge >= 0.3 is 0 Å². The van der Waals surface area contributed by atoms with E-state index >= 15 is 0 Å². The lowest BCUT2D eigenvalue weighted by Gasteiger charge is -2.14. The number of benzene rings is 2. The molecular weight excluding hydrogens is 206 g/mol. The molecular formula is C16H17N. The van der Waals surface area contributed by atoms with Crippen LogP contribution in [0.15, 0.2) is 41.4 Å². The molecule has 2 aromatic carbocycles. The number of nitrogens with zero attached hydrogens (tertiary/aromatic N) is 1. The molecule has 17 heavy (non-hydrogen) atoms. The van der Waals surface area contributed by atoms with Crippen LogP contribution in [0.4, 0.5) is 0 Å². The first-order valence-corrected chi connectivity index (χ1v) is 6.32. The van der Waals surface area contributed by atoms with Crippen LogP contribution < -0.4 is 10.6 Å². The molecule has 0 aliphatic carbocycles. The van der Waals surface area contributed by atoms with Crippen molar-refractivity contribution < 1.29 is 0 Å². The minimum atomic E-state index is 0.616. The van der Waals surface area contributed by atoms with Crippen LogP contribution in [-0.2, 0) is 0 Å². The SMILES string of the molecule is CC(C)C1=c2cc3ccccc3cc2=NCC1. The zero-order valence-electron chi connectivity index (χ0n) is 10.4. The van der Waals surface area contributed by atoms with Crippen molar-refractivity contribution in [3.63, 3.8) is 0 Å². The zero-order chi connectivity index (χ0) is 11.8. The summed E-state index contributed by atoms with van der Waals surface area (Å²) in [4.78, 5) is 4.65. The van der Waals surface area contributed by atoms with Crippen molar-refractivity contribution in [3.05, 3.63) is 47.0 Å². The second kappa shape index (κ2) is 3.99. The van der Waals surface area contributed by atoms with Crippen LogP contribution >= 0.6 is 0 Å². The molecule has 0 spiro atoms. The van der Waals surface area contributed by atoms with Gasteiger partial charge in [0.05, 0.1) is 5.36 Å². The molecule has 0 aromatic heterocycles. The predicted octanol–water partition coefficient (Wildman–Crippen LogP) is 2.67. The average Bonchev–Trinajstić information content (AvgIpc) is 2.35. The van der Waals surface area contributed by atoms with Crippen molar-refractivity contribution in [2.75, 3.05) is 6.54 Å². The van der Waals surface area contributed by atoms with Crippen LogP contribution in [0, 0.1) is 5.92 Å². The Morgan fingerprint density at radius 1 is 1.06 bits per heavy atom. The molecule has 0 bridgehead atoms. The van der Waals surface area contributed by atoms with Crippen molar-refractivity contribution >= 4 is 16.3 Å². The van der Waals surface area contributed by atoms with E-state index in [-0.39, 0.29) is 0 Å². The predicted molar refractivity (Wildman–Crippen MR) is 72.5 cm³/mol. The second-order valence-electron chi connectivity index (χ2n) is 5.03. The van der Waals surface area contributed by atoms with E-state index in [0.717, 1.165) is 13.0 Å². The fourth-order valence-corrected chi connectivity index (χ4v) is 2.65. The highest BCUT2D eigenvalue weighted by Gasteiger charge is 2.09. The highest BCUT2D eigenvalue weighted by Crippen LogP contribution is 2.16. The van der Waals surface area contributed by atoms with Gasteiger partial charge in [-0.15, -0.1) is 0 Å². The Kier molecular flexibility index (Phi) is 2.47. The molecule has 0 radical (unpaired) electrons. The monoisotopic (exact) mass is 223 g/mol. The van der Waals surface area contributed by atoms with E-state index in [2.05, 4.69) is 55.2 Å². The van der Waals surface area contributed by atoms with Crippen molar-refractivity contribution in [3.8, 4) is 0 Å². The summed E-state index contributed by atoms with van der Waals surface area (Å²) in [5.41, 5.74) is 1.56. The summed E-state index contributed by atoms with van der Waals surface area (Å²) in [6.45, 7) is 5.50. The smallest absolute Gasteiger partial charge is 0.0652 e. The number of fused-ring (bicyclic) bond motifs is 2. The van der Waals surface area contributed by atoms with E-state index in [9.17, 15) is 0 Å². The lowest BCUT2D eigenvalue weighted by Crippen LogP contribution is -2.32. The quantitative estimate of drug-likeness (QED) is 0.705. The van der Waals surface area contributed by atoms with Gasteiger partial charge in [0.2, 0.25) is 0 Å². The third kappa shape index (κ3) is 1.76. The van der Waals surface area contributed by atoms with Gasteiger partial charge in [0.15, 0.2) is 0 Å². The van der Waals surface area contributed by atoms with Crippen LogP contribution in [-0.4, -0.2) is 6.54 Å². The Bertz CT molecular complexity index is 680. The van der Waals surface area contributed by atoms with Gasteiger partial charge in [-0.2, -0.15) is 0 Å². The van der Waals surface area contributed by atoms with Crippen LogP contribution in [0.3, 0.4) is 0 Å². The Morgan fingerprint density at radius 3 is 2.47 bits per heavy atom. The third-order valence-electron chi connectivity index (χ3n) is 3.57. The molecule has 1 aliphatic rings. The molecule has 0 unspecified atom stereocenters. The summed E-state index contributed by atoms with van der Waals surface area (Å²) in [6, 6.07) is 13.1. The fourth-order valence-electron chi connectivity index (χ4n) is 2.65. The molecule has 0 atom stereocenters. The lowest BCUT2D eigenvalue weighted by atomic mass is 9.94. The standard InChI is InChI=1S/C16H17N/c1-11(2)14-7-8-17-16-10-13-6-4-3-5-12(13)9-15(14)16/h3-6,9-11H,7-8H2,1-2H3. The van der Waals surface area contributed by atoms with Gasteiger partial charge in [-0.3, -0.25) is 4.99 Å². The Hall–Kier alpha value is -1.63. The molecule has 0 N–H and O–H groups in total. The molecule has 2 aromatic rings. The van der Waals surface area contributed by atoms with E-state index in [1.807, 2.05) is 0 Å². The molecule has 1 nitrogen and oxygen atoms in total. The van der Waals surface area contributed by atoms with E-state index in [4.69, 9.17) is 0 Å². The molecule has 0 saturated heterocycles. The van der Waals surface area contributed by atoms with Crippen molar-refractivity contribution in [2.24, 2.45) is 10.9 Å². The molecule has 86 valence electrons. The fraction of sp³-hybridized carbons (Fsp3) is 0.312. The van der Waals surface area contributed by atoms with E-state index in [1.165, 1.54) is 21.3 Å². The minimum absolute atomic E-state index is 0.616. The third-order valence-corrected chi connectivity index (χ3v) is 3.57.